The maximum Gasteiger partial charge on any atom is 0.182 e. The summed E-state index contributed by atoms with van der Waals surface area (Å²) in [5, 5.41) is 4.54. The number of hydrogen-bond acceptors (Lipinski definition) is 3. The van der Waals surface area contributed by atoms with E-state index in [0.29, 0.717) is 5.69 Å². The van der Waals surface area contributed by atoms with Crippen molar-refractivity contribution in [3.8, 4) is 11.4 Å². The highest BCUT2D eigenvalue weighted by Crippen LogP contribution is 2.23. The predicted octanol–water partition coefficient (Wildman–Crippen LogP) is 3.32. The number of nitrogens with two attached hydrogens (primary N) is 1. The molecule has 0 amide bonds. The molecule has 0 radical (unpaired) electrons. The maximum atomic E-state index is 5.78. The fourth-order valence-corrected chi connectivity index (χ4v) is 2.34. The Morgan fingerprint density at radius 3 is 2.85 bits per heavy atom. The first-order valence-electron chi connectivity index (χ1n) is 6.98. The lowest BCUT2D eigenvalue weighted by Gasteiger charge is -2.05. The minimum Gasteiger partial charge on any atom is -0.397 e. The van der Waals surface area contributed by atoms with Gasteiger partial charge in [0.15, 0.2) is 11.5 Å². The summed E-state index contributed by atoms with van der Waals surface area (Å²) in [6.07, 6.45) is 5.21. The average Bonchev–Trinajstić information content (AvgIpc) is 2.88. The molecule has 0 fully saturated rings. The fourth-order valence-electron chi connectivity index (χ4n) is 2.34. The summed E-state index contributed by atoms with van der Waals surface area (Å²) in [6.45, 7) is 2.20. The fraction of sp³-hybridized carbons (Fsp3) is 0.250. The van der Waals surface area contributed by atoms with Crippen LogP contribution in [-0.4, -0.2) is 14.6 Å². The second-order valence-corrected chi connectivity index (χ2v) is 4.96. The Labute approximate surface area is 118 Å². The second-order valence-electron chi connectivity index (χ2n) is 4.96. The number of fused-ring (bicyclic) bond motifs is 1. The van der Waals surface area contributed by atoms with Gasteiger partial charge in [-0.2, -0.15) is 0 Å². The van der Waals surface area contributed by atoms with Crippen molar-refractivity contribution >= 4 is 11.3 Å². The molecule has 2 N–H and O–H groups in total. The summed E-state index contributed by atoms with van der Waals surface area (Å²) in [5.41, 5.74) is 9.70. The van der Waals surface area contributed by atoms with Crippen LogP contribution in [0.4, 0.5) is 5.69 Å². The smallest absolute Gasteiger partial charge is 0.182 e. The molecule has 0 bridgehead atoms. The number of benzene rings is 1. The number of aryl methyl sites for hydroxylation is 1. The Morgan fingerprint density at radius 2 is 2.00 bits per heavy atom. The van der Waals surface area contributed by atoms with Crippen LogP contribution in [0.1, 0.15) is 25.3 Å². The van der Waals surface area contributed by atoms with E-state index in [9.17, 15) is 0 Å². The highest BCUT2D eigenvalue weighted by molar-refractivity contribution is 5.63. The average molecular weight is 266 g/mol. The minimum atomic E-state index is 0.688. The normalized spacial score (nSPS) is 11.1. The van der Waals surface area contributed by atoms with E-state index >= 15 is 0 Å². The topological polar surface area (TPSA) is 56.2 Å². The zero-order valence-corrected chi connectivity index (χ0v) is 11.6. The molecule has 1 aromatic carbocycles. The molecule has 3 aromatic rings. The molecule has 4 nitrogen and oxygen atoms in total. The molecule has 20 heavy (non-hydrogen) atoms. The highest BCUT2D eigenvalue weighted by atomic mass is 15.3. The van der Waals surface area contributed by atoms with Crippen molar-refractivity contribution in [2.24, 2.45) is 0 Å². The van der Waals surface area contributed by atoms with E-state index in [0.717, 1.165) is 23.5 Å². The zero-order valence-electron chi connectivity index (χ0n) is 11.6. The van der Waals surface area contributed by atoms with Crippen LogP contribution >= 0.6 is 0 Å². The van der Waals surface area contributed by atoms with Gasteiger partial charge in [0.05, 0.1) is 11.9 Å². The minimum absolute atomic E-state index is 0.688. The van der Waals surface area contributed by atoms with Crippen molar-refractivity contribution in [3.63, 3.8) is 0 Å². The summed E-state index contributed by atoms with van der Waals surface area (Å²) >= 11 is 0. The van der Waals surface area contributed by atoms with E-state index in [1.807, 2.05) is 18.2 Å². The molecule has 0 aliphatic carbocycles. The van der Waals surface area contributed by atoms with Gasteiger partial charge in [-0.15, -0.1) is 5.10 Å². The van der Waals surface area contributed by atoms with Gasteiger partial charge in [-0.05, 0) is 30.5 Å². The van der Waals surface area contributed by atoms with Gasteiger partial charge in [-0.1, -0.05) is 37.6 Å². The lowest BCUT2D eigenvalue weighted by atomic mass is 10.0. The molecular formula is C16H18N4. The molecule has 2 heterocycles. The number of nitrogen functional groups attached to an aromatic ring is 1. The van der Waals surface area contributed by atoms with Crippen LogP contribution in [-0.2, 0) is 6.42 Å². The van der Waals surface area contributed by atoms with E-state index in [1.165, 1.54) is 18.4 Å². The van der Waals surface area contributed by atoms with Crippen LogP contribution in [0.2, 0.25) is 0 Å². The molecule has 0 saturated heterocycles. The first-order chi connectivity index (χ1) is 9.78. The molecule has 3 rings (SSSR count). The summed E-state index contributed by atoms with van der Waals surface area (Å²) in [6, 6.07) is 12.1. The molecule has 4 heteroatoms. The number of rotatable bonds is 4. The highest BCUT2D eigenvalue weighted by Gasteiger charge is 2.10. The molecule has 0 spiro atoms. The van der Waals surface area contributed by atoms with Crippen molar-refractivity contribution in [2.45, 2.75) is 26.2 Å². The molecule has 0 aliphatic heterocycles. The zero-order chi connectivity index (χ0) is 13.9. The molecule has 2 aromatic heterocycles. The van der Waals surface area contributed by atoms with Crippen LogP contribution in [0.25, 0.3) is 17.0 Å². The first-order valence-corrected chi connectivity index (χ1v) is 6.98. The van der Waals surface area contributed by atoms with E-state index in [4.69, 9.17) is 5.73 Å². The van der Waals surface area contributed by atoms with Crippen molar-refractivity contribution in [2.75, 3.05) is 5.73 Å². The van der Waals surface area contributed by atoms with Gasteiger partial charge in [0.2, 0.25) is 0 Å². The third-order valence-electron chi connectivity index (χ3n) is 3.41. The maximum absolute atomic E-state index is 5.78. The van der Waals surface area contributed by atoms with Crippen LogP contribution in [0, 0.1) is 0 Å². The summed E-state index contributed by atoms with van der Waals surface area (Å²) in [7, 11) is 0. The quantitative estimate of drug-likeness (QED) is 0.788. The van der Waals surface area contributed by atoms with Crippen molar-refractivity contribution in [1.29, 1.82) is 0 Å². The van der Waals surface area contributed by atoms with E-state index in [2.05, 4.69) is 35.2 Å². The number of unbranched alkanes of at least 4 members (excludes halogenated alkanes) is 1. The predicted molar refractivity (Wildman–Crippen MR) is 81.4 cm³/mol. The SMILES string of the molecule is CCCCc1ccccc1-c1nc2ccc(N)cn2n1. The molecular weight excluding hydrogens is 248 g/mol. The van der Waals surface area contributed by atoms with Crippen LogP contribution in [0.3, 0.4) is 0 Å². The standard InChI is InChI=1S/C16H18N4/c1-2-3-6-12-7-4-5-8-14(12)16-18-15-10-9-13(17)11-20(15)19-16/h4-5,7-11H,2-3,6,17H2,1H3. The van der Waals surface area contributed by atoms with Gasteiger partial charge >= 0.3 is 0 Å². The molecule has 0 unspecified atom stereocenters. The van der Waals surface area contributed by atoms with E-state index in [1.54, 1.807) is 10.7 Å². The Hall–Kier alpha value is -2.36. The van der Waals surface area contributed by atoms with Crippen molar-refractivity contribution in [1.82, 2.24) is 14.6 Å². The van der Waals surface area contributed by atoms with Gasteiger partial charge in [-0.3, -0.25) is 0 Å². The van der Waals surface area contributed by atoms with Gasteiger partial charge in [-0.25, -0.2) is 9.50 Å². The lowest BCUT2D eigenvalue weighted by molar-refractivity contribution is 0.795. The van der Waals surface area contributed by atoms with Gasteiger partial charge < -0.3 is 5.73 Å². The summed E-state index contributed by atoms with van der Waals surface area (Å²) < 4.78 is 1.74. The van der Waals surface area contributed by atoms with E-state index in [-0.39, 0.29) is 0 Å². The number of anilines is 1. The number of hydrogen-bond donors (Lipinski definition) is 1. The number of nitrogens with zero attached hydrogens (tertiary/aromatic N) is 3. The molecule has 0 saturated carbocycles. The van der Waals surface area contributed by atoms with Crippen molar-refractivity contribution < 1.29 is 0 Å². The van der Waals surface area contributed by atoms with Gasteiger partial charge in [0, 0.05) is 5.56 Å². The summed E-state index contributed by atoms with van der Waals surface area (Å²) in [5.74, 6) is 0.766. The van der Waals surface area contributed by atoms with Crippen LogP contribution in [0.5, 0.6) is 0 Å². The number of aromatic nitrogens is 3. The summed E-state index contributed by atoms with van der Waals surface area (Å²) in [4.78, 5) is 4.59. The molecule has 0 atom stereocenters. The van der Waals surface area contributed by atoms with Gasteiger partial charge in [0.1, 0.15) is 0 Å². The van der Waals surface area contributed by atoms with Gasteiger partial charge in [0.25, 0.3) is 0 Å². The number of pyridine rings is 1. The molecule has 102 valence electrons. The molecule has 0 aliphatic rings. The Kier molecular flexibility index (Phi) is 3.37. The largest absolute Gasteiger partial charge is 0.397 e. The van der Waals surface area contributed by atoms with Crippen LogP contribution in [0.15, 0.2) is 42.6 Å². The van der Waals surface area contributed by atoms with Crippen molar-refractivity contribution in [3.05, 3.63) is 48.2 Å². The first kappa shape index (κ1) is 12.7. The van der Waals surface area contributed by atoms with Crippen LogP contribution < -0.4 is 5.73 Å². The second kappa shape index (κ2) is 5.33. The monoisotopic (exact) mass is 266 g/mol. The third-order valence-corrected chi connectivity index (χ3v) is 3.41. The lowest BCUT2D eigenvalue weighted by Crippen LogP contribution is -1.93. The Balaban J connectivity index is 2.06. The Bertz CT molecular complexity index is 730. The van der Waals surface area contributed by atoms with E-state index < -0.39 is 0 Å². The third kappa shape index (κ3) is 2.37. The Morgan fingerprint density at radius 1 is 1.15 bits per heavy atom.